The van der Waals surface area contributed by atoms with Crippen LogP contribution in [0.2, 0.25) is 10.0 Å². The summed E-state index contributed by atoms with van der Waals surface area (Å²) < 4.78 is 0. The lowest BCUT2D eigenvalue weighted by Crippen LogP contribution is -2.28. The van der Waals surface area contributed by atoms with Crippen LogP contribution in [-0.4, -0.2) is 24.3 Å². The van der Waals surface area contributed by atoms with Crippen molar-refractivity contribution in [3.63, 3.8) is 0 Å². The van der Waals surface area contributed by atoms with Crippen LogP contribution < -0.4 is 15.5 Å². The summed E-state index contributed by atoms with van der Waals surface area (Å²) in [4.78, 5) is 37.5. The number of carbonyl (C=O) groups is 3. The Morgan fingerprint density at radius 2 is 1.81 bits per heavy atom. The van der Waals surface area contributed by atoms with E-state index in [0.717, 1.165) is 0 Å². The van der Waals surface area contributed by atoms with Crippen LogP contribution in [-0.2, 0) is 14.4 Å². The number of nitrogens with one attached hydrogen (secondary N) is 2. The van der Waals surface area contributed by atoms with E-state index in [4.69, 9.17) is 23.2 Å². The molecular formula is C19H17Cl2N3O3. The Hall–Kier alpha value is -2.57. The highest BCUT2D eigenvalue weighted by molar-refractivity contribution is 6.34. The summed E-state index contributed by atoms with van der Waals surface area (Å²) >= 11 is 12.3. The second kappa shape index (κ2) is 7.98. The molecule has 6 nitrogen and oxygen atoms in total. The van der Waals surface area contributed by atoms with Gasteiger partial charge >= 0.3 is 0 Å². The minimum Gasteiger partial charge on any atom is -0.326 e. The van der Waals surface area contributed by atoms with Gasteiger partial charge in [-0.3, -0.25) is 14.4 Å². The molecule has 0 aliphatic carbocycles. The summed E-state index contributed by atoms with van der Waals surface area (Å²) in [7, 11) is 0. The third kappa shape index (κ3) is 4.40. The molecule has 0 spiro atoms. The van der Waals surface area contributed by atoms with Crippen molar-refractivity contribution in [1.29, 1.82) is 0 Å². The molecule has 0 bridgehead atoms. The van der Waals surface area contributed by atoms with Gasteiger partial charge in [0.2, 0.25) is 17.7 Å². The molecule has 3 amide bonds. The van der Waals surface area contributed by atoms with E-state index in [2.05, 4.69) is 10.6 Å². The average Bonchev–Trinajstić information content (AvgIpc) is 2.99. The topological polar surface area (TPSA) is 78.5 Å². The average molecular weight is 406 g/mol. The van der Waals surface area contributed by atoms with Crippen LogP contribution in [0.25, 0.3) is 0 Å². The molecule has 1 saturated heterocycles. The SMILES string of the molecule is CC(=O)Nc1ccc(NC(=O)[C@@H]2CC(=O)N(c3ccccc3Cl)C2)cc1Cl. The molecule has 2 N–H and O–H groups in total. The quantitative estimate of drug-likeness (QED) is 0.807. The van der Waals surface area contributed by atoms with Crippen molar-refractivity contribution in [3.8, 4) is 0 Å². The molecule has 1 aliphatic heterocycles. The lowest BCUT2D eigenvalue weighted by atomic mass is 10.1. The highest BCUT2D eigenvalue weighted by Crippen LogP contribution is 2.32. The van der Waals surface area contributed by atoms with Crippen LogP contribution in [0.1, 0.15) is 13.3 Å². The predicted octanol–water partition coefficient (Wildman–Crippen LogP) is 3.94. The van der Waals surface area contributed by atoms with Gasteiger partial charge in [0.1, 0.15) is 0 Å². The monoisotopic (exact) mass is 405 g/mol. The Morgan fingerprint density at radius 3 is 2.48 bits per heavy atom. The van der Waals surface area contributed by atoms with Crippen molar-refractivity contribution in [1.82, 2.24) is 0 Å². The molecule has 140 valence electrons. The number of nitrogens with zero attached hydrogens (tertiary/aromatic N) is 1. The standard InChI is InChI=1S/C19H17Cl2N3O3/c1-11(25)22-16-7-6-13(9-15(16)21)23-19(27)12-8-18(26)24(10-12)17-5-3-2-4-14(17)20/h2-7,9,12H,8,10H2,1H3,(H,22,25)(H,23,27)/t12-/m1/s1. The predicted molar refractivity (Wildman–Crippen MR) is 106 cm³/mol. The summed E-state index contributed by atoms with van der Waals surface area (Å²) in [6.07, 6.45) is 0.106. The van der Waals surface area contributed by atoms with E-state index >= 15 is 0 Å². The number of para-hydroxylation sites is 1. The second-order valence-corrected chi connectivity index (χ2v) is 7.04. The number of halogens is 2. The summed E-state index contributed by atoms with van der Waals surface area (Å²) in [5.74, 6) is -1.16. The lowest BCUT2D eigenvalue weighted by molar-refractivity contribution is -0.122. The number of anilines is 3. The molecule has 1 aliphatic rings. The van der Waals surface area contributed by atoms with Gasteiger partial charge in [0.15, 0.2) is 0 Å². The van der Waals surface area contributed by atoms with E-state index in [1.807, 2.05) is 0 Å². The highest BCUT2D eigenvalue weighted by atomic mass is 35.5. The lowest BCUT2D eigenvalue weighted by Gasteiger charge is -2.18. The molecule has 2 aromatic carbocycles. The van der Waals surface area contributed by atoms with Crippen LogP contribution in [0.3, 0.4) is 0 Å². The maximum atomic E-state index is 12.6. The molecule has 0 saturated carbocycles. The van der Waals surface area contributed by atoms with Gasteiger partial charge in [0.05, 0.1) is 27.3 Å². The fourth-order valence-corrected chi connectivity index (χ4v) is 3.38. The summed E-state index contributed by atoms with van der Waals surface area (Å²) in [6.45, 7) is 1.64. The molecule has 1 fully saturated rings. The molecule has 8 heteroatoms. The number of hydrogen-bond donors (Lipinski definition) is 2. The molecule has 27 heavy (non-hydrogen) atoms. The molecule has 1 heterocycles. The summed E-state index contributed by atoms with van der Waals surface area (Å²) in [5, 5.41) is 6.13. The minimum absolute atomic E-state index is 0.106. The Kier molecular flexibility index (Phi) is 5.68. The molecular weight excluding hydrogens is 389 g/mol. The van der Waals surface area contributed by atoms with E-state index in [1.54, 1.807) is 42.5 Å². The zero-order valence-corrected chi connectivity index (χ0v) is 16.0. The van der Waals surface area contributed by atoms with E-state index in [-0.39, 0.29) is 30.7 Å². The first-order chi connectivity index (χ1) is 12.8. The van der Waals surface area contributed by atoms with Crippen LogP contribution in [0.15, 0.2) is 42.5 Å². The number of amides is 3. The molecule has 0 radical (unpaired) electrons. The number of benzene rings is 2. The van der Waals surface area contributed by atoms with Crippen LogP contribution >= 0.6 is 23.2 Å². The maximum Gasteiger partial charge on any atom is 0.229 e. The van der Waals surface area contributed by atoms with Gasteiger partial charge in [-0.15, -0.1) is 0 Å². The van der Waals surface area contributed by atoms with Gasteiger partial charge in [-0.2, -0.15) is 0 Å². The van der Waals surface area contributed by atoms with E-state index in [1.165, 1.54) is 11.8 Å². The fourth-order valence-electron chi connectivity index (χ4n) is 2.91. The van der Waals surface area contributed by atoms with Gasteiger partial charge in [-0.1, -0.05) is 35.3 Å². The molecule has 2 aromatic rings. The second-order valence-electron chi connectivity index (χ2n) is 6.22. The smallest absolute Gasteiger partial charge is 0.229 e. The first-order valence-electron chi connectivity index (χ1n) is 8.28. The molecule has 3 rings (SSSR count). The normalized spacial score (nSPS) is 16.3. The van der Waals surface area contributed by atoms with Gasteiger partial charge in [0.25, 0.3) is 0 Å². The van der Waals surface area contributed by atoms with Gasteiger partial charge in [-0.25, -0.2) is 0 Å². The maximum absolute atomic E-state index is 12.6. The Morgan fingerprint density at radius 1 is 1.07 bits per heavy atom. The number of hydrogen-bond acceptors (Lipinski definition) is 3. The molecule has 0 unspecified atom stereocenters. The van der Waals surface area contributed by atoms with E-state index in [0.29, 0.717) is 27.1 Å². The largest absolute Gasteiger partial charge is 0.326 e. The Bertz CT molecular complexity index is 917. The van der Waals surface area contributed by atoms with Crippen molar-refractivity contribution in [2.75, 3.05) is 22.1 Å². The van der Waals surface area contributed by atoms with Crippen molar-refractivity contribution < 1.29 is 14.4 Å². The summed E-state index contributed by atoms with van der Waals surface area (Å²) in [5.41, 5.74) is 1.55. The van der Waals surface area contributed by atoms with Gasteiger partial charge in [0, 0.05) is 25.6 Å². The number of carbonyl (C=O) groups excluding carboxylic acids is 3. The first kappa shape index (κ1) is 19.2. The minimum atomic E-state index is -0.498. The summed E-state index contributed by atoms with van der Waals surface area (Å²) in [6, 6.07) is 11.8. The molecule has 1 atom stereocenters. The first-order valence-corrected chi connectivity index (χ1v) is 9.03. The van der Waals surface area contributed by atoms with Crippen LogP contribution in [0.4, 0.5) is 17.1 Å². The van der Waals surface area contributed by atoms with Gasteiger partial charge in [-0.05, 0) is 30.3 Å². The van der Waals surface area contributed by atoms with Crippen molar-refractivity contribution in [3.05, 3.63) is 52.5 Å². The third-order valence-corrected chi connectivity index (χ3v) is 4.82. The van der Waals surface area contributed by atoms with E-state index in [9.17, 15) is 14.4 Å². The van der Waals surface area contributed by atoms with Crippen LogP contribution in [0, 0.1) is 5.92 Å². The Balaban J connectivity index is 1.69. The van der Waals surface area contributed by atoms with E-state index < -0.39 is 5.92 Å². The van der Waals surface area contributed by atoms with Crippen LogP contribution in [0.5, 0.6) is 0 Å². The highest BCUT2D eigenvalue weighted by Gasteiger charge is 2.35. The van der Waals surface area contributed by atoms with Crippen molar-refractivity contribution in [2.45, 2.75) is 13.3 Å². The van der Waals surface area contributed by atoms with Crippen molar-refractivity contribution in [2.24, 2.45) is 5.92 Å². The Labute approximate surface area is 166 Å². The zero-order chi connectivity index (χ0) is 19.6. The number of rotatable bonds is 4. The van der Waals surface area contributed by atoms with Crippen molar-refractivity contribution >= 4 is 58.0 Å². The zero-order valence-electron chi connectivity index (χ0n) is 14.5. The fraction of sp³-hybridized carbons (Fsp3) is 0.211. The van der Waals surface area contributed by atoms with Gasteiger partial charge < -0.3 is 15.5 Å². The molecule has 0 aromatic heterocycles. The third-order valence-electron chi connectivity index (χ3n) is 4.19.